The summed E-state index contributed by atoms with van der Waals surface area (Å²) in [7, 11) is 0. The van der Waals surface area contributed by atoms with Gasteiger partial charge in [-0.1, -0.05) is 13.3 Å². The van der Waals surface area contributed by atoms with E-state index in [4.69, 9.17) is 5.73 Å². The van der Waals surface area contributed by atoms with Crippen LogP contribution in [0.4, 0.5) is 5.82 Å². The number of hydrogen-bond donors (Lipinski definition) is 2. The molecule has 4 heteroatoms. The second-order valence-corrected chi connectivity index (χ2v) is 5.29. The van der Waals surface area contributed by atoms with E-state index >= 15 is 0 Å². The third-order valence-corrected chi connectivity index (χ3v) is 3.72. The van der Waals surface area contributed by atoms with Gasteiger partial charge in [0.2, 0.25) is 0 Å². The predicted molar refractivity (Wildman–Crippen MR) is 77.2 cm³/mol. The van der Waals surface area contributed by atoms with E-state index in [0.717, 1.165) is 29.8 Å². The lowest BCUT2D eigenvalue weighted by Crippen LogP contribution is -2.18. The number of nitrogens with one attached hydrogen (secondary N) is 1. The van der Waals surface area contributed by atoms with Crippen molar-refractivity contribution in [1.82, 2.24) is 4.98 Å². The van der Waals surface area contributed by atoms with E-state index in [1.807, 2.05) is 6.20 Å². The number of aryl methyl sites for hydroxylation is 1. The zero-order chi connectivity index (χ0) is 12.7. The number of hydrogen-bond acceptors (Lipinski definition) is 3. The van der Waals surface area contributed by atoms with Crippen LogP contribution in [-0.4, -0.2) is 18.1 Å². The van der Waals surface area contributed by atoms with Gasteiger partial charge in [-0.15, -0.1) is 0 Å². The number of aromatic nitrogens is 1. The topological polar surface area (TPSA) is 50.9 Å². The second-order valence-electron chi connectivity index (χ2n) is 4.43. The lowest BCUT2D eigenvalue weighted by Gasteiger charge is -2.16. The fraction of sp³-hybridized carbons (Fsp3) is 0.615. The Hall–Kier alpha value is -0.610. The van der Waals surface area contributed by atoms with Crippen molar-refractivity contribution in [2.24, 2.45) is 11.7 Å². The molecule has 0 saturated carbocycles. The van der Waals surface area contributed by atoms with E-state index in [1.165, 1.54) is 18.4 Å². The van der Waals surface area contributed by atoms with Gasteiger partial charge in [0.1, 0.15) is 5.82 Å². The van der Waals surface area contributed by atoms with E-state index in [9.17, 15) is 0 Å². The summed E-state index contributed by atoms with van der Waals surface area (Å²) in [6.45, 7) is 6.00. The van der Waals surface area contributed by atoms with Crippen LogP contribution in [0.1, 0.15) is 31.7 Å². The van der Waals surface area contributed by atoms with E-state index < -0.39 is 0 Å². The average molecular weight is 300 g/mol. The minimum absolute atomic E-state index is 0.649. The Morgan fingerprint density at radius 2 is 2.24 bits per heavy atom. The van der Waals surface area contributed by atoms with Gasteiger partial charge < -0.3 is 11.1 Å². The van der Waals surface area contributed by atoms with Crippen molar-refractivity contribution in [2.45, 2.75) is 33.1 Å². The summed E-state index contributed by atoms with van der Waals surface area (Å²) >= 11 is 3.45. The van der Waals surface area contributed by atoms with Gasteiger partial charge >= 0.3 is 0 Å². The summed E-state index contributed by atoms with van der Waals surface area (Å²) in [6, 6.07) is 2.07. The monoisotopic (exact) mass is 299 g/mol. The smallest absolute Gasteiger partial charge is 0.126 e. The highest BCUT2D eigenvalue weighted by molar-refractivity contribution is 9.10. The maximum atomic E-state index is 5.62. The minimum Gasteiger partial charge on any atom is -0.370 e. The van der Waals surface area contributed by atoms with Gasteiger partial charge in [0, 0.05) is 17.2 Å². The maximum absolute atomic E-state index is 5.62. The molecule has 3 nitrogen and oxygen atoms in total. The lowest BCUT2D eigenvalue weighted by atomic mass is 10.00. The first-order chi connectivity index (χ1) is 8.17. The van der Waals surface area contributed by atoms with Crippen LogP contribution in [0, 0.1) is 12.8 Å². The van der Waals surface area contributed by atoms with Crippen LogP contribution in [0.3, 0.4) is 0 Å². The zero-order valence-corrected chi connectivity index (χ0v) is 12.3. The maximum Gasteiger partial charge on any atom is 0.126 e. The van der Waals surface area contributed by atoms with Crippen molar-refractivity contribution in [3.8, 4) is 0 Å². The van der Waals surface area contributed by atoms with Crippen molar-refractivity contribution in [3.63, 3.8) is 0 Å². The quantitative estimate of drug-likeness (QED) is 0.812. The molecule has 0 aliphatic carbocycles. The fourth-order valence-electron chi connectivity index (χ4n) is 1.88. The molecule has 0 aliphatic rings. The third kappa shape index (κ3) is 5.04. The van der Waals surface area contributed by atoms with Crippen LogP contribution in [0.2, 0.25) is 0 Å². The largest absolute Gasteiger partial charge is 0.370 e. The van der Waals surface area contributed by atoms with Gasteiger partial charge in [0.15, 0.2) is 0 Å². The molecule has 0 amide bonds. The molecule has 0 spiro atoms. The molecule has 96 valence electrons. The Kier molecular flexibility index (Phi) is 6.52. The molecule has 0 bridgehead atoms. The number of pyridine rings is 1. The molecule has 3 N–H and O–H groups in total. The summed E-state index contributed by atoms with van der Waals surface area (Å²) in [5, 5.41) is 3.39. The van der Waals surface area contributed by atoms with Crippen LogP contribution in [-0.2, 0) is 0 Å². The Morgan fingerprint density at radius 1 is 1.47 bits per heavy atom. The Bertz CT molecular complexity index is 335. The minimum atomic E-state index is 0.649. The molecule has 0 saturated heterocycles. The van der Waals surface area contributed by atoms with Crippen LogP contribution in [0.5, 0.6) is 0 Å². The number of anilines is 1. The fourth-order valence-corrected chi connectivity index (χ4v) is 2.09. The predicted octanol–water partition coefficient (Wildman–Crippen LogP) is 3.33. The van der Waals surface area contributed by atoms with E-state index in [0.29, 0.717) is 5.92 Å². The third-order valence-electron chi connectivity index (χ3n) is 2.89. The van der Waals surface area contributed by atoms with Gasteiger partial charge in [-0.25, -0.2) is 4.98 Å². The van der Waals surface area contributed by atoms with Crippen LogP contribution in [0.25, 0.3) is 0 Å². The number of nitrogens with two attached hydrogens (primary N) is 1. The van der Waals surface area contributed by atoms with Crippen molar-refractivity contribution < 1.29 is 0 Å². The second kappa shape index (κ2) is 7.67. The van der Waals surface area contributed by atoms with Gasteiger partial charge in [-0.05, 0) is 59.8 Å². The Balaban J connectivity index is 2.49. The molecule has 0 radical (unpaired) electrons. The highest BCUT2D eigenvalue weighted by Crippen LogP contribution is 2.18. The molecular weight excluding hydrogens is 278 g/mol. The molecule has 1 aromatic rings. The molecule has 1 heterocycles. The highest BCUT2D eigenvalue weighted by atomic mass is 79.9. The Labute approximate surface area is 112 Å². The van der Waals surface area contributed by atoms with Crippen molar-refractivity contribution in [3.05, 3.63) is 22.3 Å². The molecule has 1 aromatic heterocycles. The molecule has 0 aliphatic heterocycles. The summed E-state index contributed by atoms with van der Waals surface area (Å²) in [6.07, 6.45) is 5.35. The number of halogens is 1. The average Bonchev–Trinajstić information content (AvgIpc) is 2.31. The SMILES string of the molecule is CCCC(CCN)CNc1cc(C)c(Br)cn1. The number of rotatable bonds is 7. The molecule has 0 fully saturated rings. The van der Waals surface area contributed by atoms with Gasteiger partial charge in [0.05, 0.1) is 0 Å². The van der Waals surface area contributed by atoms with E-state index in [2.05, 4.69) is 46.1 Å². The molecule has 1 atom stereocenters. The van der Waals surface area contributed by atoms with Crippen molar-refractivity contribution in [1.29, 1.82) is 0 Å². The first-order valence-corrected chi connectivity index (χ1v) is 7.02. The van der Waals surface area contributed by atoms with Gasteiger partial charge in [-0.2, -0.15) is 0 Å². The zero-order valence-electron chi connectivity index (χ0n) is 10.7. The van der Waals surface area contributed by atoms with Gasteiger partial charge in [0.25, 0.3) is 0 Å². The normalized spacial score (nSPS) is 12.5. The molecule has 17 heavy (non-hydrogen) atoms. The first-order valence-electron chi connectivity index (χ1n) is 6.23. The molecule has 1 rings (SSSR count). The highest BCUT2D eigenvalue weighted by Gasteiger charge is 2.07. The summed E-state index contributed by atoms with van der Waals surface area (Å²) in [5.41, 5.74) is 6.83. The van der Waals surface area contributed by atoms with Crippen molar-refractivity contribution >= 4 is 21.7 Å². The molecule has 1 unspecified atom stereocenters. The van der Waals surface area contributed by atoms with Crippen LogP contribution >= 0.6 is 15.9 Å². The van der Waals surface area contributed by atoms with Crippen LogP contribution < -0.4 is 11.1 Å². The summed E-state index contributed by atoms with van der Waals surface area (Å²) in [4.78, 5) is 4.34. The number of nitrogens with zero attached hydrogens (tertiary/aromatic N) is 1. The van der Waals surface area contributed by atoms with Gasteiger partial charge in [-0.3, -0.25) is 0 Å². The van der Waals surface area contributed by atoms with E-state index in [1.54, 1.807) is 0 Å². The standard InChI is InChI=1S/C13H22BrN3/c1-3-4-11(5-6-15)8-16-13-7-10(2)12(14)9-17-13/h7,9,11H,3-6,8,15H2,1-2H3,(H,16,17). The lowest BCUT2D eigenvalue weighted by molar-refractivity contribution is 0.473. The Morgan fingerprint density at radius 3 is 2.82 bits per heavy atom. The van der Waals surface area contributed by atoms with Crippen LogP contribution in [0.15, 0.2) is 16.7 Å². The molecule has 0 aromatic carbocycles. The molecular formula is C13H22BrN3. The van der Waals surface area contributed by atoms with E-state index in [-0.39, 0.29) is 0 Å². The summed E-state index contributed by atoms with van der Waals surface area (Å²) < 4.78 is 1.05. The first kappa shape index (κ1) is 14.5. The van der Waals surface area contributed by atoms with Crippen molar-refractivity contribution in [2.75, 3.05) is 18.4 Å². The summed E-state index contributed by atoms with van der Waals surface area (Å²) in [5.74, 6) is 1.60.